The topological polar surface area (TPSA) is 106 Å². The number of carbonyl (C=O) groups excluding carboxylic acids is 1. The van der Waals surface area contributed by atoms with Crippen molar-refractivity contribution in [1.29, 1.82) is 5.26 Å². The van der Waals surface area contributed by atoms with E-state index in [0.29, 0.717) is 35.2 Å². The number of anilines is 1. The van der Waals surface area contributed by atoms with E-state index < -0.39 is 5.91 Å². The third-order valence-electron chi connectivity index (χ3n) is 4.54. The van der Waals surface area contributed by atoms with Crippen molar-refractivity contribution < 1.29 is 19.0 Å². The SMILES string of the molecule is CCc1nnc(NC(=O)/C(C#N)=C\c2cc(Cl)c(OCCOc3ccc(C)cc3)c(OC)c2)s1. The van der Waals surface area contributed by atoms with Crippen LogP contribution < -0.4 is 19.5 Å². The third-order valence-corrected chi connectivity index (χ3v) is 5.80. The summed E-state index contributed by atoms with van der Waals surface area (Å²) in [5.74, 6) is 0.862. The van der Waals surface area contributed by atoms with Crippen LogP contribution in [0.5, 0.6) is 17.2 Å². The van der Waals surface area contributed by atoms with Crippen molar-refractivity contribution in [3.05, 3.63) is 63.1 Å². The molecule has 0 saturated heterocycles. The second-order valence-corrected chi connectivity index (χ2v) is 8.49. The Kier molecular flexibility index (Phi) is 8.85. The van der Waals surface area contributed by atoms with Gasteiger partial charge in [-0.25, -0.2) is 0 Å². The average molecular weight is 499 g/mol. The Morgan fingerprint density at radius 1 is 1.21 bits per heavy atom. The maximum Gasteiger partial charge on any atom is 0.268 e. The van der Waals surface area contributed by atoms with Crippen LogP contribution in [0, 0.1) is 18.3 Å². The van der Waals surface area contributed by atoms with E-state index >= 15 is 0 Å². The van der Waals surface area contributed by atoms with Crippen LogP contribution in [0.25, 0.3) is 6.08 Å². The molecule has 10 heteroatoms. The fourth-order valence-corrected chi connectivity index (χ4v) is 3.78. The monoisotopic (exact) mass is 498 g/mol. The van der Waals surface area contributed by atoms with E-state index in [1.54, 1.807) is 12.1 Å². The molecule has 8 nitrogen and oxygen atoms in total. The number of amides is 1. The number of nitrogens with zero attached hydrogens (tertiary/aromatic N) is 3. The van der Waals surface area contributed by atoms with Crippen molar-refractivity contribution in [1.82, 2.24) is 10.2 Å². The van der Waals surface area contributed by atoms with E-state index in [9.17, 15) is 10.1 Å². The number of ether oxygens (including phenoxy) is 3. The van der Waals surface area contributed by atoms with E-state index in [0.717, 1.165) is 16.3 Å². The maximum absolute atomic E-state index is 12.5. The standard InChI is InChI=1S/C24H23ClN4O4S/c1-4-21-28-29-24(34-21)27-23(30)17(14-26)11-16-12-19(25)22(20(13-16)31-3)33-10-9-32-18-7-5-15(2)6-8-18/h5-8,11-13H,4,9-10H2,1-3H3,(H,27,29,30)/b17-11-. The Morgan fingerprint density at radius 2 is 1.94 bits per heavy atom. The number of carbonyl (C=O) groups is 1. The molecule has 0 aliphatic carbocycles. The molecule has 176 valence electrons. The number of methoxy groups -OCH3 is 1. The van der Waals surface area contributed by atoms with Gasteiger partial charge in [-0.1, -0.05) is 47.6 Å². The van der Waals surface area contributed by atoms with Gasteiger partial charge in [0, 0.05) is 0 Å². The lowest BCUT2D eigenvalue weighted by molar-refractivity contribution is -0.112. The number of nitrogens with one attached hydrogen (secondary N) is 1. The largest absolute Gasteiger partial charge is 0.493 e. The minimum absolute atomic E-state index is 0.119. The fourth-order valence-electron chi connectivity index (χ4n) is 2.83. The quantitative estimate of drug-likeness (QED) is 0.236. The predicted octanol–water partition coefficient (Wildman–Crippen LogP) is 5.07. The lowest BCUT2D eigenvalue weighted by Crippen LogP contribution is -2.13. The highest BCUT2D eigenvalue weighted by Gasteiger charge is 2.15. The molecule has 1 aromatic heterocycles. The van der Waals surface area contributed by atoms with E-state index in [1.165, 1.54) is 24.5 Å². The molecule has 2 aromatic carbocycles. The highest BCUT2D eigenvalue weighted by molar-refractivity contribution is 7.15. The van der Waals surface area contributed by atoms with Gasteiger partial charge in [0.05, 0.1) is 12.1 Å². The van der Waals surface area contributed by atoms with Crippen molar-refractivity contribution in [2.45, 2.75) is 20.3 Å². The van der Waals surface area contributed by atoms with Crippen molar-refractivity contribution >= 4 is 40.1 Å². The summed E-state index contributed by atoms with van der Waals surface area (Å²) in [6, 6.07) is 12.8. The third kappa shape index (κ3) is 6.70. The molecule has 0 atom stereocenters. The van der Waals surface area contributed by atoms with Gasteiger partial charge in [-0.3, -0.25) is 10.1 Å². The van der Waals surface area contributed by atoms with Gasteiger partial charge in [-0.2, -0.15) is 5.26 Å². The highest BCUT2D eigenvalue weighted by atomic mass is 35.5. The molecule has 0 bridgehead atoms. The lowest BCUT2D eigenvalue weighted by Gasteiger charge is -2.14. The van der Waals surface area contributed by atoms with Crippen LogP contribution >= 0.6 is 22.9 Å². The van der Waals surface area contributed by atoms with Crippen LogP contribution in [0.2, 0.25) is 5.02 Å². The first-order chi connectivity index (χ1) is 16.4. The summed E-state index contributed by atoms with van der Waals surface area (Å²) in [6.07, 6.45) is 2.12. The summed E-state index contributed by atoms with van der Waals surface area (Å²) >= 11 is 7.66. The maximum atomic E-state index is 12.5. The number of rotatable bonds is 10. The van der Waals surface area contributed by atoms with E-state index in [-0.39, 0.29) is 17.2 Å². The van der Waals surface area contributed by atoms with Gasteiger partial charge in [0.25, 0.3) is 5.91 Å². The second-order valence-electron chi connectivity index (χ2n) is 7.02. The van der Waals surface area contributed by atoms with E-state index in [4.69, 9.17) is 25.8 Å². The van der Waals surface area contributed by atoms with Crippen molar-refractivity contribution in [3.63, 3.8) is 0 Å². The second kappa shape index (κ2) is 12.0. The summed E-state index contributed by atoms with van der Waals surface area (Å²) in [5.41, 5.74) is 1.53. The van der Waals surface area contributed by atoms with Gasteiger partial charge < -0.3 is 14.2 Å². The number of benzene rings is 2. The lowest BCUT2D eigenvalue weighted by atomic mass is 10.1. The molecule has 1 heterocycles. The van der Waals surface area contributed by atoms with Gasteiger partial charge in [0.15, 0.2) is 11.5 Å². The van der Waals surface area contributed by atoms with Crippen LogP contribution in [-0.4, -0.2) is 36.4 Å². The first-order valence-electron chi connectivity index (χ1n) is 10.4. The number of hydrogen-bond donors (Lipinski definition) is 1. The zero-order valence-electron chi connectivity index (χ0n) is 18.9. The highest BCUT2D eigenvalue weighted by Crippen LogP contribution is 2.37. The van der Waals surface area contributed by atoms with Gasteiger partial charge in [-0.15, -0.1) is 10.2 Å². The van der Waals surface area contributed by atoms with E-state index in [2.05, 4.69) is 15.5 Å². The number of aromatic nitrogens is 2. The first-order valence-corrected chi connectivity index (χ1v) is 11.6. The van der Waals surface area contributed by atoms with Crippen LogP contribution in [0.4, 0.5) is 5.13 Å². The Bertz CT molecular complexity index is 1220. The van der Waals surface area contributed by atoms with Crippen molar-refractivity contribution in [3.8, 4) is 23.3 Å². The smallest absolute Gasteiger partial charge is 0.268 e. The normalized spacial score (nSPS) is 11.0. The number of aryl methyl sites for hydroxylation is 2. The van der Waals surface area contributed by atoms with Crippen LogP contribution in [0.15, 0.2) is 42.0 Å². The Hall–Kier alpha value is -3.61. The molecule has 3 rings (SSSR count). The van der Waals surface area contributed by atoms with Gasteiger partial charge in [0.1, 0.15) is 35.6 Å². The molecule has 0 radical (unpaired) electrons. The number of nitriles is 1. The summed E-state index contributed by atoms with van der Waals surface area (Å²) < 4.78 is 16.8. The summed E-state index contributed by atoms with van der Waals surface area (Å²) in [7, 11) is 1.48. The fraction of sp³-hybridized carbons (Fsp3) is 0.250. The first kappa shape index (κ1) is 25.0. The molecule has 1 N–H and O–H groups in total. The zero-order chi connectivity index (χ0) is 24.5. The molecular weight excluding hydrogens is 476 g/mol. The molecule has 0 aliphatic heterocycles. The minimum Gasteiger partial charge on any atom is -0.493 e. The summed E-state index contributed by atoms with van der Waals surface area (Å²) in [5, 5.41) is 21.3. The molecule has 34 heavy (non-hydrogen) atoms. The Balaban J connectivity index is 1.68. The van der Waals surface area contributed by atoms with Crippen molar-refractivity contribution in [2.75, 3.05) is 25.6 Å². The minimum atomic E-state index is -0.593. The molecule has 0 fully saturated rings. The van der Waals surface area contributed by atoms with Crippen LogP contribution in [0.1, 0.15) is 23.1 Å². The molecule has 0 aliphatic rings. The molecule has 0 spiro atoms. The predicted molar refractivity (Wildman–Crippen MR) is 132 cm³/mol. The van der Waals surface area contributed by atoms with Crippen LogP contribution in [-0.2, 0) is 11.2 Å². The van der Waals surface area contributed by atoms with Gasteiger partial charge in [0.2, 0.25) is 5.13 Å². The molecule has 3 aromatic rings. The number of halogens is 1. The Morgan fingerprint density at radius 3 is 2.59 bits per heavy atom. The summed E-state index contributed by atoms with van der Waals surface area (Å²) in [4.78, 5) is 12.5. The van der Waals surface area contributed by atoms with Crippen molar-refractivity contribution in [2.24, 2.45) is 0 Å². The average Bonchev–Trinajstić information content (AvgIpc) is 3.29. The molecule has 1 amide bonds. The van der Waals surface area contributed by atoms with Crippen LogP contribution in [0.3, 0.4) is 0 Å². The molecular formula is C24H23ClN4O4S. The Labute approximate surface area is 206 Å². The van der Waals surface area contributed by atoms with Gasteiger partial charge >= 0.3 is 0 Å². The molecule has 0 unspecified atom stereocenters. The summed E-state index contributed by atoms with van der Waals surface area (Å²) in [6.45, 7) is 4.50. The van der Waals surface area contributed by atoms with E-state index in [1.807, 2.05) is 44.2 Å². The molecule has 0 saturated carbocycles. The number of hydrogen-bond acceptors (Lipinski definition) is 8. The van der Waals surface area contributed by atoms with Gasteiger partial charge in [-0.05, 0) is 49.2 Å². The zero-order valence-corrected chi connectivity index (χ0v) is 20.5.